The van der Waals surface area contributed by atoms with Crippen molar-refractivity contribution in [2.24, 2.45) is 0 Å². The lowest BCUT2D eigenvalue weighted by atomic mass is 10.4. The van der Waals surface area contributed by atoms with Gasteiger partial charge in [0, 0.05) is 5.03 Å². The van der Waals surface area contributed by atoms with Crippen LogP contribution >= 0.6 is 11.6 Å². The summed E-state index contributed by atoms with van der Waals surface area (Å²) in [6.45, 7) is 4.95. The van der Waals surface area contributed by atoms with Gasteiger partial charge in [-0.3, -0.25) is 0 Å². The first-order valence-corrected chi connectivity index (χ1v) is 2.90. The van der Waals surface area contributed by atoms with Crippen LogP contribution in [0.1, 0.15) is 6.92 Å². The van der Waals surface area contributed by atoms with Crippen molar-refractivity contribution in [1.29, 1.82) is 0 Å². The fraction of sp³-hybridized carbons (Fsp3) is 0.143. The monoisotopic (exact) mass is 146 g/mol. The second kappa shape index (κ2) is 4.33. The summed E-state index contributed by atoms with van der Waals surface area (Å²) in [5, 5.41) is 0.311. The molecule has 0 bridgehead atoms. The Hall–Kier alpha value is -0.560. The number of halogens is 2. The van der Waals surface area contributed by atoms with Crippen molar-refractivity contribution in [3.8, 4) is 0 Å². The molecular formula is C7H8ClF. The summed E-state index contributed by atoms with van der Waals surface area (Å²) in [4.78, 5) is 0. The topological polar surface area (TPSA) is 0 Å². The van der Waals surface area contributed by atoms with Crippen molar-refractivity contribution < 1.29 is 4.39 Å². The third kappa shape index (κ3) is 3.98. The summed E-state index contributed by atoms with van der Waals surface area (Å²) in [6.07, 6.45) is 3.91. The third-order valence-corrected chi connectivity index (χ3v) is 1.01. The molecule has 0 rings (SSSR count). The van der Waals surface area contributed by atoms with E-state index in [1.165, 1.54) is 18.2 Å². The smallest absolute Gasteiger partial charge is 0.120 e. The van der Waals surface area contributed by atoms with Crippen molar-refractivity contribution in [2.45, 2.75) is 6.92 Å². The zero-order chi connectivity index (χ0) is 7.28. The highest BCUT2D eigenvalue weighted by molar-refractivity contribution is 6.31. The van der Waals surface area contributed by atoms with E-state index in [1.54, 1.807) is 6.92 Å². The van der Waals surface area contributed by atoms with Crippen molar-refractivity contribution in [3.63, 3.8) is 0 Å². The predicted octanol–water partition coefficient (Wildman–Crippen LogP) is 3.17. The highest BCUT2D eigenvalue weighted by Crippen LogP contribution is 2.07. The van der Waals surface area contributed by atoms with Crippen molar-refractivity contribution in [1.82, 2.24) is 0 Å². The molecule has 0 radical (unpaired) electrons. The van der Waals surface area contributed by atoms with Crippen LogP contribution in [0.2, 0.25) is 0 Å². The van der Waals surface area contributed by atoms with Crippen LogP contribution in [0.15, 0.2) is 35.7 Å². The van der Waals surface area contributed by atoms with Gasteiger partial charge >= 0.3 is 0 Å². The first-order valence-electron chi connectivity index (χ1n) is 2.52. The first-order chi connectivity index (χ1) is 4.20. The van der Waals surface area contributed by atoms with E-state index in [4.69, 9.17) is 11.6 Å². The van der Waals surface area contributed by atoms with Crippen LogP contribution in [0.4, 0.5) is 4.39 Å². The molecule has 0 atom stereocenters. The fourth-order valence-corrected chi connectivity index (χ4v) is 0.378. The number of hydrogen-bond acceptors (Lipinski definition) is 0. The van der Waals surface area contributed by atoms with Gasteiger partial charge in [0.1, 0.15) is 5.83 Å². The summed E-state index contributed by atoms with van der Waals surface area (Å²) in [5.74, 6) is -0.347. The minimum absolute atomic E-state index is 0.311. The molecular weight excluding hydrogens is 139 g/mol. The lowest BCUT2D eigenvalue weighted by molar-refractivity contribution is 0.664. The van der Waals surface area contributed by atoms with E-state index in [2.05, 4.69) is 6.58 Å². The van der Waals surface area contributed by atoms with Crippen LogP contribution in [0, 0.1) is 0 Å². The minimum atomic E-state index is -0.347. The molecule has 0 saturated heterocycles. The Morgan fingerprint density at radius 1 is 1.67 bits per heavy atom. The van der Waals surface area contributed by atoms with Crippen LogP contribution < -0.4 is 0 Å². The zero-order valence-electron chi connectivity index (χ0n) is 5.20. The third-order valence-electron chi connectivity index (χ3n) is 0.747. The van der Waals surface area contributed by atoms with Crippen molar-refractivity contribution >= 4 is 11.6 Å². The quantitative estimate of drug-likeness (QED) is 0.525. The fourth-order valence-electron chi connectivity index (χ4n) is 0.274. The van der Waals surface area contributed by atoms with E-state index < -0.39 is 0 Å². The van der Waals surface area contributed by atoms with E-state index >= 15 is 0 Å². The minimum Gasteiger partial charge on any atom is -0.207 e. The molecule has 0 heterocycles. The molecule has 9 heavy (non-hydrogen) atoms. The van der Waals surface area contributed by atoms with Gasteiger partial charge in [0.2, 0.25) is 0 Å². The Morgan fingerprint density at radius 2 is 2.22 bits per heavy atom. The maximum atomic E-state index is 12.2. The summed E-state index contributed by atoms with van der Waals surface area (Å²) < 4.78 is 12.2. The Morgan fingerprint density at radius 3 is 2.56 bits per heavy atom. The van der Waals surface area contributed by atoms with E-state index in [1.807, 2.05) is 0 Å². The molecule has 2 heteroatoms. The van der Waals surface area contributed by atoms with Crippen molar-refractivity contribution in [3.05, 3.63) is 35.7 Å². The van der Waals surface area contributed by atoms with Gasteiger partial charge in [-0.1, -0.05) is 30.3 Å². The van der Waals surface area contributed by atoms with E-state index in [9.17, 15) is 4.39 Å². The molecule has 0 nitrogen and oxygen atoms in total. The Balaban J connectivity index is 4.11. The van der Waals surface area contributed by atoms with Gasteiger partial charge in [0.15, 0.2) is 0 Å². The predicted molar refractivity (Wildman–Crippen MR) is 39.0 cm³/mol. The molecule has 0 saturated carbocycles. The standard InChI is InChI=1S/C7H8ClF/c1-3-6(8)5-7(9)4-2/h3-5H,1H2,2H3/b6-5+,7-4+. The summed E-state index contributed by atoms with van der Waals surface area (Å²) in [5.41, 5.74) is 0. The molecule has 0 fully saturated rings. The Kier molecular flexibility index (Phi) is 4.06. The van der Waals surface area contributed by atoms with Crippen LogP contribution in [-0.4, -0.2) is 0 Å². The molecule has 0 N–H and O–H groups in total. The average molecular weight is 147 g/mol. The van der Waals surface area contributed by atoms with Crippen molar-refractivity contribution in [2.75, 3.05) is 0 Å². The molecule has 0 aromatic rings. The van der Waals surface area contributed by atoms with E-state index in [-0.39, 0.29) is 5.83 Å². The molecule has 0 aliphatic rings. The maximum absolute atomic E-state index is 12.2. The zero-order valence-corrected chi connectivity index (χ0v) is 5.95. The van der Waals surface area contributed by atoms with Gasteiger partial charge in [-0.05, 0) is 13.0 Å². The SMILES string of the molecule is C=C/C(Cl)=C\C(F)=C/C. The van der Waals surface area contributed by atoms with Crippen LogP contribution in [0.5, 0.6) is 0 Å². The molecule has 0 aromatic heterocycles. The van der Waals surface area contributed by atoms with Crippen LogP contribution in [0.25, 0.3) is 0 Å². The largest absolute Gasteiger partial charge is 0.207 e. The van der Waals surface area contributed by atoms with Gasteiger partial charge in [0.05, 0.1) is 0 Å². The van der Waals surface area contributed by atoms with Gasteiger partial charge in [-0.25, -0.2) is 4.39 Å². The summed E-state index contributed by atoms with van der Waals surface area (Å²) in [6, 6.07) is 0. The molecule has 0 aliphatic carbocycles. The van der Waals surface area contributed by atoms with Gasteiger partial charge in [-0.15, -0.1) is 0 Å². The molecule has 0 aliphatic heterocycles. The summed E-state index contributed by atoms with van der Waals surface area (Å²) in [7, 11) is 0. The highest BCUT2D eigenvalue weighted by Gasteiger charge is 1.86. The van der Waals surface area contributed by atoms with Crippen LogP contribution in [-0.2, 0) is 0 Å². The number of allylic oxidation sites excluding steroid dienone is 5. The summed E-state index contributed by atoms with van der Waals surface area (Å²) >= 11 is 5.40. The number of rotatable bonds is 2. The molecule has 0 aromatic carbocycles. The molecule has 0 amide bonds. The maximum Gasteiger partial charge on any atom is 0.120 e. The van der Waals surface area contributed by atoms with Gasteiger partial charge in [-0.2, -0.15) is 0 Å². The molecule has 0 unspecified atom stereocenters. The first kappa shape index (κ1) is 8.44. The van der Waals surface area contributed by atoms with E-state index in [0.717, 1.165) is 0 Å². The lowest BCUT2D eigenvalue weighted by Gasteiger charge is -1.84. The van der Waals surface area contributed by atoms with Crippen LogP contribution in [0.3, 0.4) is 0 Å². The Bertz CT molecular complexity index is 156. The highest BCUT2D eigenvalue weighted by atomic mass is 35.5. The molecule has 0 spiro atoms. The molecule has 50 valence electrons. The second-order valence-corrected chi connectivity index (χ2v) is 1.84. The lowest BCUT2D eigenvalue weighted by Crippen LogP contribution is -1.64. The average Bonchev–Trinajstić information content (AvgIpc) is 1.87. The number of hydrogen-bond donors (Lipinski definition) is 0. The van der Waals surface area contributed by atoms with Gasteiger partial charge < -0.3 is 0 Å². The second-order valence-electron chi connectivity index (χ2n) is 1.41. The van der Waals surface area contributed by atoms with Gasteiger partial charge in [0.25, 0.3) is 0 Å². The Labute approximate surface area is 59.3 Å². The normalized spacial score (nSPS) is 13.7. The van der Waals surface area contributed by atoms with E-state index in [0.29, 0.717) is 5.03 Å².